The maximum absolute atomic E-state index is 12.3. The van der Waals surface area contributed by atoms with Gasteiger partial charge in [-0.25, -0.2) is 0 Å². The van der Waals surface area contributed by atoms with Crippen molar-refractivity contribution in [1.82, 2.24) is 4.57 Å². The Labute approximate surface area is 155 Å². The maximum Gasteiger partial charge on any atom is 0.226 e. The van der Waals surface area contributed by atoms with E-state index in [0.717, 1.165) is 5.56 Å². The minimum Gasteiger partial charge on any atom is -0.483 e. The highest BCUT2D eigenvalue weighted by Crippen LogP contribution is 2.15. The molecule has 3 rings (SSSR count). The van der Waals surface area contributed by atoms with Gasteiger partial charge < -0.3 is 9.30 Å². The van der Waals surface area contributed by atoms with E-state index in [1.54, 1.807) is 6.20 Å². The number of aryl methyl sites for hydroxylation is 1. The van der Waals surface area contributed by atoms with Crippen LogP contribution < -0.4 is 10.2 Å². The number of halogens is 1. The van der Waals surface area contributed by atoms with E-state index in [4.69, 9.17) is 4.74 Å². The number of pyridine rings is 1. The number of hydrogen-bond donors (Lipinski definition) is 0. The maximum atomic E-state index is 12.3. The Kier molecular flexibility index (Phi) is 5.35. The monoisotopic (exact) mass is 431 g/mol. The van der Waals surface area contributed by atoms with Gasteiger partial charge in [0.25, 0.3) is 0 Å². The molecule has 4 heteroatoms. The number of hydrogen-bond acceptors (Lipinski definition) is 2. The van der Waals surface area contributed by atoms with Crippen molar-refractivity contribution in [2.75, 3.05) is 0 Å². The molecule has 0 spiro atoms. The molecule has 0 aliphatic rings. The van der Waals surface area contributed by atoms with Crippen LogP contribution in [0.4, 0.5) is 0 Å². The first kappa shape index (κ1) is 16.8. The first-order valence-corrected chi connectivity index (χ1v) is 8.82. The fourth-order valence-electron chi connectivity index (χ4n) is 2.50. The smallest absolute Gasteiger partial charge is 0.226 e. The Hall–Kier alpha value is -2.08. The van der Waals surface area contributed by atoms with Gasteiger partial charge in [-0.2, -0.15) is 0 Å². The van der Waals surface area contributed by atoms with Crippen molar-refractivity contribution in [3.63, 3.8) is 0 Å². The van der Waals surface area contributed by atoms with Crippen LogP contribution in [0.1, 0.15) is 16.7 Å². The van der Waals surface area contributed by atoms with Crippen LogP contribution in [0.25, 0.3) is 0 Å². The van der Waals surface area contributed by atoms with E-state index in [1.807, 2.05) is 60.2 Å². The summed E-state index contributed by atoms with van der Waals surface area (Å²) >= 11 is 2.33. The second kappa shape index (κ2) is 7.66. The summed E-state index contributed by atoms with van der Waals surface area (Å²) in [7, 11) is 0. The molecule has 0 aliphatic carbocycles. The van der Waals surface area contributed by atoms with Crippen LogP contribution in [0.5, 0.6) is 5.75 Å². The van der Waals surface area contributed by atoms with Gasteiger partial charge in [0.05, 0.1) is 6.20 Å². The van der Waals surface area contributed by atoms with Gasteiger partial charge in [-0.1, -0.05) is 48.5 Å². The van der Waals surface area contributed by atoms with Gasteiger partial charge in [0, 0.05) is 21.9 Å². The highest BCUT2D eigenvalue weighted by atomic mass is 127. The molecule has 0 radical (unpaired) electrons. The molecule has 0 aliphatic heterocycles. The fraction of sp³-hybridized carbons (Fsp3) is 0.150. The molecular weight excluding hydrogens is 413 g/mol. The lowest BCUT2D eigenvalue weighted by atomic mass is 10.2. The zero-order chi connectivity index (χ0) is 16.9. The average molecular weight is 431 g/mol. The predicted molar refractivity (Wildman–Crippen MR) is 104 cm³/mol. The number of ether oxygens (including phenoxy) is 1. The van der Waals surface area contributed by atoms with Crippen molar-refractivity contribution >= 4 is 22.6 Å². The van der Waals surface area contributed by atoms with Crippen LogP contribution in [0.3, 0.4) is 0 Å². The summed E-state index contributed by atoms with van der Waals surface area (Å²) in [6.07, 6.45) is 3.67. The van der Waals surface area contributed by atoms with Gasteiger partial charge in [0.2, 0.25) is 5.43 Å². The fourth-order valence-corrected chi connectivity index (χ4v) is 3.06. The highest BCUT2D eigenvalue weighted by Gasteiger charge is 2.08. The molecule has 0 N–H and O–H groups in total. The first-order valence-electron chi connectivity index (χ1n) is 7.74. The SMILES string of the molecule is Cc1cn(Cc2ccccc2I)cc(OCc2ccccc2)c1=O. The Morgan fingerprint density at radius 1 is 1.00 bits per heavy atom. The molecule has 1 aromatic heterocycles. The van der Waals surface area contributed by atoms with Gasteiger partial charge >= 0.3 is 0 Å². The molecule has 1 heterocycles. The lowest BCUT2D eigenvalue weighted by molar-refractivity contribution is 0.300. The Balaban J connectivity index is 1.83. The third kappa shape index (κ3) is 4.06. The summed E-state index contributed by atoms with van der Waals surface area (Å²) in [6.45, 7) is 2.93. The molecule has 3 aromatic rings. The average Bonchev–Trinajstić information content (AvgIpc) is 2.59. The summed E-state index contributed by atoms with van der Waals surface area (Å²) in [5.74, 6) is 0.393. The summed E-state index contributed by atoms with van der Waals surface area (Å²) in [5, 5.41) is 0. The van der Waals surface area contributed by atoms with Gasteiger partial charge in [-0.3, -0.25) is 4.79 Å². The molecule has 0 atom stereocenters. The van der Waals surface area contributed by atoms with E-state index < -0.39 is 0 Å². The molecule has 2 aromatic carbocycles. The van der Waals surface area contributed by atoms with Crippen LogP contribution in [0, 0.1) is 10.5 Å². The number of aromatic nitrogens is 1. The van der Waals surface area contributed by atoms with Crippen LogP contribution in [0.2, 0.25) is 0 Å². The van der Waals surface area contributed by atoms with Crippen LogP contribution in [-0.2, 0) is 13.2 Å². The Morgan fingerprint density at radius 3 is 2.46 bits per heavy atom. The Bertz CT molecular complexity index is 888. The zero-order valence-corrected chi connectivity index (χ0v) is 15.6. The van der Waals surface area contributed by atoms with Gasteiger partial charge in [-0.05, 0) is 46.7 Å². The van der Waals surface area contributed by atoms with Gasteiger partial charge in [0.1, 0.15) is 6.61 Å². The van der Waals surface area contributed by atoms with Crippen LogP contribution in [0.15, 0.2) is 71.8 Å². The van der Waals surface area contributed by atoms with Crippen LogP contribution in [-0.4, -0.2) is 4.57 Å². The van der Waals surface area contributed by atoms with E-state index in [9.17, 15) is 4.79 Å². The molecule has 0 unspecified atom stereocenters. The minimum atomic E-state index is -0.0510. The van der Waals surface area contributed by atoms with E-state index in [2.05, 4.69) is 34.7 Å². The highest BCUT2D eigenvalue weighted by molar-refractivity contribution is 14.1. The topological polar surface area (TPSA) is 31.2 Å². The number of benzene rings is 2. The van der Waals surface area contributed by atoms with Crippen molar-refractivity contribution in [2.24, 2.45) is 0 Å². The largest absolute Gasteiger partial charge is 0.483 e. The molecule has 122 valence electrons. The molecular formula is C20H18INO2. The van der Waals surface area contributed by atoms with Gasteiger partial charge in [0.15, 0.2) is 5.75 Å². The lowest BCUT2D eigenvalue weighted by Crippen LogP contribution is -2.15. The summed E-state index contributed by atoms with van der Waals surface area (Å²) in [5.41, 5.74) is 2.90. The summed E-state index contributed by atoms with van der Waals surface area (Å²) in [6, 6.07) is 18.1. The van der Waals surface area contributed by atoms with Crippen LogP contribution >= 0.6 is 22.6 Å². The third-order valence-corrected chi connectivity index (χ3v) is 4.82. The normalized spacial score (nSPS) is 10.6. The lowest BCUT2D eigenvalue weighted by Gasteiger charge is -2.13. The van der Waals surface area contributed by atoms with Crippen molar-refractivity contribution in [1.29, 1.82) is 0 Å². The van der Waals surface area contributed by atoms with Crippen molar-refractivity contribution in [2.45, 2.75) is 20.1 Å². The molecule has 3 nitrogen and oxygen atoms in total. The molecule has 0 bridgehead atoms. The van der Waals surface area contributed by atoms with E-state index in [0.29, 0.717) is 24.5 Å². The summed E-state index contributed by atoms with van der Waals surface area (Å²) < 4.78 is 8.99. The van der Waals surface area contributed by atoms with Gasteiger partial charge in [-0.15, -0.1) is 0 Å². The van der Waals surface area contributed by atoms with Crippen molar-refractivity contribution < 1.29 is 4.74 Å². The minimum absolute atomic E-state index is 0.0510. The number of nitrogens with zero attached hydrogens (tertiary/aromatic N) is 1. The zero-order valence-electron chi connectivity index (χ0n) is 13.4. The Morgan fingerprint density at radius 2 is 1.71 bits per heavy atom. The molecule has 0 saturated heterocycles. The first-order chi connectivity index (χ1) is 11.6. The third-order valence-electron chi connectivity index (χ3n) is 3.77. The van der Waals surface area contributed by atoms with Crippen molar-refractivity contribution in [3.05, 3.63) is 97.5 Å². The standard InChI is InChI=1S/C20H18INO2/c1-15-11-22(12-17-9-5-6-10-18(17)21)13-19(20(15)23)24-14-16-7-3-2-4-8-16/h2-11,13H,12,14H2,1H3. The second-order valence-electron chi connectivity index (χ2n) is 5.67. The summed E-state index contributed by atoms with van der Waals surface area (Å²) in [4.78, 5) is 12.3. The van der Waals surface area contributed by atoms with E-state index in [-0.39, 0.29) is 5.43 Å². The quantitative estimate of drug-likeness (QED) is 0.562. The molecule has 0 amide bonds. The molecule has 0 fully saturated rings. The molecule has 0 saturated carbocycles. The molecule has 24 heavy (non-hydrogen) atoms. The number of rotatable bonds is 5. The predicted octanol–water partition coefficient (Wildman–Crippen LogP) is 4.39. The van der Waals surface area contributed by atoms with E-state index >= 15 is 0 Å². The van der Waals surface area contributed by atoms with E-state index in [1.165, 1.54) is 9.13 Å². The second-order valence-corrected chi connectivity index (χ2v) is 6.83. The van der Waals surface area contributed by atoms with Crippen molar-refractivity contribution in [3.8, 4) is 5.75 Å².